The van der Waals surface area contributed by atoms with E-state index < -0.39 is 6.10 Å². The number of hydrogen-bond donors (Lipinski definition) is 1. The van der Waals surface area contributed by atoms with E-state index in [9.17, 15) is 9.90 Å². The Balaban J connectivity index is 1.20. The zero-order chi connectivity index (χ0) is 30.4. The summed E-state index contributed by atoms with van der Waals surface area (Å²) in [6, 6.07) is 11.2. The number of carbonyl (C=O) groups excluding carboxylic acids is 1. The maximum atomic E-state index is 12.5. The number of ether oxygens (including phenoxy) is 3. The largest absolute Gasteiger partial charge is 0.492 e. The summed E-state index contributed by atoms with van der Waals surface area (Å²) < 4.78 is 18.0. The van der Waals surface area contributed by atoms with Gasteiger partial charge in [0.15, 0.2) is 11.5 Å². The first kappa shape index (κ1) is 29.9. The van der Waals surface area contributed by atoms with Gasteiger partial charge in [0, 0.05) is 36.4 Å². The van der Waals surface area contributed by atoms with Crippen molar-refractivity contribution in [2.75, 3.05) is 13.7 Å². The Morgan fingerprint density at radius 2 is 1.86 bits per heavy atom. The van der Waals surface area contributed by atoms with Gasteiger partial charge in [0.25, 0.3) is 0 Å². The molecule has 0 amide bonds. The van der Waals surface area contributed by atoms with Crippen molar-refractivity contribution in [1.29, 1.82) is 0 Å². The number of aliphatic hydroxyl groups is 1. The molecule has 1 aromatic carbocycles. The van der Waals surface area contributed by atoms with Crippen LogP contribution in [0.1, 0.15) is 77.2 Å². The van der Waals surface area contributed by atoms with Crippen LogP contribution < -0.4 is 0 Å². The molecule has 6 heteroatoms. The van der Waals surface area contributed by atoms with Gasteiger partial charge in [-0.2, -0.15) is 0 Å². The lowest BCUT2D eigenvalue weighted by atomic mass is 9.70. The van der Waals surface area contributed by atoms with E-state index in [0.29, 0.717) is 34.7 Å². The minimum atomic E-state index is -0.394. The molecule has 6 aliphatic rings. The number of piperidine rings is 1. The monoisotopic (exact) mass is 599 g/mol. The summed E-state index contributed by atoms with van der Waals surface area (Å²) in [5.41, 5.74) is 1.85. The van der Waals surface area contributed by atoms with E-state index in [2.05, 4.69) is 60.4 Å². The number of esters is 1. The summed E-state index contributed by atoms with van der Waals surface area (Å²) in [6.45, 7) is 4.87. The van der Waals surface area contributed by atoms with E-state index in [4.69, 9.17) is 14.2 Å². The van der Waals surface area contributed by atoms with Gasteiger partial charge in [0.1, 0.15) is 5.76 Å². The zero-order valence-electron chi connectivity index (χ0n) is 26.6. The quantitative estimate of drug-likeness (QED) is 0.279. The lowest BCUT2D eigenvalue weighted by molar-refractivity contribution is -0.133. The fourth-order valence-corrected chi connectivity index (χ4v) is 9.63. The Hall–Kier alpha value is -2.83. The fraction of sp³-hybridized carbons (Fsp3) is 0.605. The van der Waals surface area contributed by atoms with Crippen LogP contribution in [0, 0.1) is 35.5 Å². The van der Waals surface area contributed by atoms with Gasteiger partial charge in [-0.1, -0.05) is 75.1 Å². The minimum absolute atomic E-state index is 0.0142. The van der Waals surface area contributed by atoms with Gasteiger partial charge < -0.3 is 19.3 Å². The molecule has 1 aromatic rings. The summed E-state index contributed by atoms with van der Waals surface area (Å²) in [5, 5.41) is 12.3. The van der Waals surface area contributed by atoms with Gasteiger partial charge in [0.05, 0.1) is 18.8 Å². The molecule has 0 radical (unpaired) electrons. The number of methoxy groups -OCH3 is 1. The van der Waals surface area contributed by atoms with E-state index >= 15 is 0 Å². The van der Waals surface area contributed by atoms with Crippen LogP contribution in [0.15, 0.2) is 77.2 Å². The van der Waals surface area contributed by atoms with Crippen LogP contribution in [0.4, 0.5) is 0 Å². The third-order valence-electron chi connectivity index (χ3n) is 11.8. The molecule has 1 N–H and O–H groups in total. The molecule has 0 aromatic heterocycles. The van der Waals surface area contributed by atoms with Crippen LogP contribution in [-0.2, 0) is 25.4 Å². The molecule has 44 heavy (non-hydrogen) atoms. The first-order chi connectivity index (χ1) is 21.4. The molecule has 8 atom stereocenters. The standard InChI is InChI=1S/C38H49NO5/c1-23-33-30-20-26(19-25-11-5-4-6-12-25)21-31(34(40)29-16-9-15-28(22-29)27-13-7-8-14-27)39(30)18-10-17-32(33)43-36(23)37-35(42-3)24(2)38(41)44-37/h4-6,9,11-12,16-17,23,26-31,33-34,40H,7-8,10,13-15,18-22H2,1-3H3/t23-,26-,28+,29+,30-,31-,33+,34-/m0/s1. The highest BCUT2D eigenvalue weighted by Gasteiger charge is 2.52. The van der Waals surface area contributed by atoms with E-state index in [1.54, 1.807) is 14.0 Å². The topological polar surface area (TPSA) is 68.2 Å². The summed E-state index contributed by atoms with van der Waals surface area (Å²) in [5.74, 6) is 4.55. The number of hydrogen-bond acceptors (Lipinski definition) is 6. The summed E-state index contributed by atoms with van der Waals surface area (Å²) in [4.78, 5) is 15.2. The van der Waals surface area contributed by atoms with E-state index in [0.717, 1.165) is 50.3 Å². The predicted molar refractivity (Wildman–Crippen MR) is 170 cm³/mol. The molecule has 2 saturated heterocycles. The summed E-state index contributed by atoms with van der Waals surface area (Å²) in [7, 11) is 1.58. The van der Waals surface area contributed by atoms with E-state index in [1.165, 1.54) is 37.7 Å². The number of benzene rings is 1. The van der Waals surface area contributed by atoms with Crippen molar-refractivity contribution < 1.29 is 24.1 Å². The van der Waals surface area contributed by atoms with Crippen LogP contribution in [-0.4, -0.2) is 47.8 Å². The highest BCUT2D eigenvalue weighted by Crippen LogP contribution is 2.51. The van der Waals surface area contributed by atoms with Crippen molar-refractivity contribution in [3.8, 4) is 0 Å². The second-order valence-electron chi connectivity index (χ2n) is 14.3. The number of cyclic esters (lactones) is 1. The van der Waals surface area contributed by atoms with E-state index in [-0.39, 0.29) is 35.8 Å². The number of rotatable bonds is 6. The van der Waals surface area contributed by atoms with Crippen molar-refractivity contribution in [1.82, 2.24) is 4.90 Å². The molecule has 0 bridgehead atoms. The highest BCUT2D eigenvalue weighted by atomic mass is 16.6. The Bertz CT molecular complexity index is 1350. The number of fused-ring (bicyclic) bond motifs is 3. The normalized spacial score (nSPS) is 36.8. The molecule has 2 aliphatic carbocycles. The SMILES string of the molecule is COC1=C(C)C(=O)OC1=C1OC2=CCCN3[C@H]([C@@H](O)[C@@H]4C=CC[C@@H](C5CCCC5)C4)C[C@@H](Cc4ccccc4)C[C@H]3[C@H]2[C@@H]1C. The van der Waals surface area contributed by atoms with Crippen molar-refractivity contribution in [3.05, 3.63) is 82.7 Å². The summed E-state index contributed by atoms with van der Waals surface area (Å²) in [6.07, 6.45) is 18.3. The molecule has 4 aliphatic heterocycles. The first-order valence-corrected chi connectivity index (χ1v) is 17.2. The molecule has 7 rings (SSSR count). The maximum Gasteiger partial charge on any atom is 0.343 e. The summed E-state index contributed by atoms with van der Waals surface area (Å²) >= 11 is 0. The molecule has 0 unspecified atom stereocenters. The van der Waals surface area contributed by atoms with Crippen LogP contribution in [0.25, 0.3) is 0 Å². The lowest BCUT2D eigenvalue weighted by Gasteiger charge is -2.50. The van der Waals surface area contributed by atoms with Gasteiger partial charge in [-0.15, -0.1) is 0 Å². The van der Waals surface area contributed by atoms with Crippen LogP contribution in [0.2, 0.25) is 0 Å². The Kier molecular flexibility index (Phi) is 8.49. The number of aliphatic hydroxyl groups excluding tert-OH is 1. The van der Waals surface area contributed by atoms with Gasteiger partial charge in [-0.05, 0) is 74.8 Å². The second-order valence-corrected chi connectivity index (χ2v) is 14.3. The molecule has 1 saturated carbocycles. The first-order valence-electron chi connectivity index (χ1n) is 17.2. The van der Waals surface area contributed by atoms with Crippen LogP contribution >= 0.6 is 0 Å². The molecule has 236 valence electrons. The molecular weight excluding hydrogens is 550 g/mol. The predicted octanol–water partition coefficient (Wildman–Crippen LogP) is 7.07. The zero-order valence-corrected chi connectivity index (χ0v) is 26.6. The molecule has 4 heterocycles. The highest BCUT2D eigenvalue weighted by molar-refractivity contribution is 5.93. The third-order valence-corrected chi connectivity index (χ3v) is 11.8. The van der Waals surface area contributed by atoms with Crippen molar-refractivity contribution >= 4 is 5.97 Å². The van der Waals surface area contributed by atoms with Crippen LogP contribution in [0.3, 0.4) is 0 Å². The van der Waals surface area contributed by atoms with Gasteiger partial charge >= 0.3 is 5.97 Å². The second kappa shape index (κ2) is 12.5. The Morgan fingerprint density at radius 1 is 1.07 bits per heavy atom. The molecule has 6 nitrogen and oxygen atoms in total. The Morgan fingerprint density at radius 3 is 2.64 bits per heavy atom. The average molecular weight is 600 g/mol. The minimum Gasteiger partial charge on any atom is -0.492 e. The molecule has 3 fully saturated rings. The fourth-order valence-electron chi connectivity index (χ4n) is 9.63. The van der Waals surface area contributed by atoms with Gasteiger partial charge in [-0.3, -0.25) is 4.90 Å². The van der Waals surface area contributed by atoms with Crippen molar-refractivity contribution in [2.45, 2.75) is 96.2 Å². The molecule has 0 spiro atoms. The maximum absolute atomic E-state index is 12.5. The van der Waals surface area contributed by atoms with E-state index in [1.807, 2.05) is 0 Å². The molecular formula is C38H49NO5. The number of nitrogens with zero attached hydrogens (tertiary/aromatic N) is 1. The average Bonchev–Trinajstić information content (AvgIpc) is 3.73. The third kappa shape index (κ3) is 5.47. The van der Waals surface area contributed by atoms with Crippen molar-refractivity contribution in [3.63, 3.8) is 0 Å². The Labute approximate surface area is 262 Å². The van der Waals surface area contributed by atoms with Gasteiger partial charge in [-0.25, -0.2) is 4.79 Å². The van der Waals surface area contributed by atoms with Crippen LogP contribution in [0.5, 0.6) is 0 Å². The van der Waals surface area contributed by atoms with Crippen molar-refractivity contribution in [2.24, 2.45) is 35.5 Å². The lowest BCUT2D eigenvalue weighted by Crippen LogP contribution is -2.58. The number of carbonyl (C=O) groups is 1. The smallest absolute Gasteiger partial charge is 0.343 e. The number of allylic oxidation sites excluding steroid dienone is 2. The van der Waals surface area contributed by atoms with Gasteiger partial charge in [0.2, 0.25) is 5.76 Å².